The van der Waals surface area contributed by atoms with Crippen LogP contribution in [0.1, 0.15) is 35.7 Å². The highest BCUT2D eigenvalue weighted by atomic mass is 32.2. The number of rotatable bonds is 0. The minimum atomic E-state index is -0.468. The van der Waals surface area contributed by atoms with E-state index in [9.17, 15) is 14.4 Å². The molecule has 1 aromatic rings. The van der Waals surface area contributed by atoms with Gasteiger partial charge in [0.05, 0.1) is 0 Å². The van der Waals surface area contributed by atoms with Gasteiger partial charge in [-0.2, -0.15) is 0 Å². The Morgan fingerprint density at radius 2 is 1.79 bits per heavy atom. The van der Waals surface area contributed by atoms with Crippen molar-refractivity contribution in [2.45, 2.75) is 25.4 Å². The van der Waals surface area contributed by atoms with E-state index in [4.69, 9.17) is 4.74 Å². The Morgan fingerprint density at radius 3 is 2.46 bits per heavy atom. The van der Waals surface area contributed by atoms with E-state index in [1.165, 1.54) is 11.8 Å². The second-order valence-corrected chi connectivity index (χ2v) is 7.43. The molecule has 1 fully saturated rings. The highest BCUT2D eigenvalue weighted by Crippen LogP contribution is 2.47. The third kappa shape index (κ3) is 2.28. The molecule has 6 heteroatoms. The molecular formula is C18H17NO4S. The highest BCUT2D eigenvalue weighted by molar-refractivity contribution is 8.04. The number of fused-ring (bicyclic) bond motifs is 2. The van der Waals surface area contributed by atoms with Crippen molar-refractivity contribution < 1.29 is 19.1 Å². The summed E-state index contributed by atoms with van der Waals surface area (Å²) in [5.74, 6) is 0.339. The van der Waals surface area contributed by atoms with Gasteiger partial charge in [0.25, 0.3) is 0 Å². The summed E-state index contributed by atoms with van der Waals surface area (Å²) in [5, 5.41) is 0. The lowest BCUT2D eigenvalue weighted by molar-refractivity contribution is -0.132. The predicted octanol–water partition coefficient (Wildman–Crippen LogP) is 2.27. The fourth-order valence-corrected chi connectivity index (χ4v) is 4.75. The van der Waals surface area contributed by atoms with Crippen molar-refractivity contribution in [3.05, 3.63) is 40.3 Å². The first-order valence-electron chi connectivity index (χ1n) is 8.01. The van der Waals surface area contributed by atoms with Gasteiger partial charge < -0.3 is 9.64 Å². The molecule has 0 saturated carbocycles. The van der Waals surface area contributed by atoms with Gasteiger partial charge in [0.2, 0.25) is 17.5 Å². The summed E-state index contributed by atoms with van der Waals surface area (Å²) in [5.41, 5.74) is 0.751. The number of benzene rings is 1. The van der Waals surface area contributed by atoms with Crippen LogP contribution in [0.15, 0.2) is 29.2 Å². The molecule has 24 heavy (non-hydrogen) atoms. The van der Waals surface area contributed by atoms with Crippen molar-refractivity contribution in [3.8, 4) is 0 Å². The molecule has 1 saturated heterocycles. The summed E-state index contributed by atoms with van der Waals surface area (Å²) in [6.45, 7) is 2.90. The first-order chi connectivity index (χ1) is 11.5. The van der Waals surface area contributed by atoms with Gasteiger partial charge >= 0.3 is 0 Å². The summed E-state index contributed by atoms with van der Waals surface area (Å²) in [4.78, 5) is 38.4. The maximum atomic E-state index is 12.4. The van der Waals surface area contributed by atoms with Crippen LogP contribution in [0.25, 0.3) is 5.76 Å². The van der Waals surface area contributed by atoms with Gasteiger partial charge in [0.1, 0.15) is 16.3 Å². The number of Topliss-reactive ketones (excluding diaryl/α,β-unsaturated/α-hetero) is 2. The molecule has 1 spiro atoms. The number of ketones is 2. The van der Waals surface area contributed by atoms with Gasteiger partial charge in [0, 0.05) is 49.7 Å². The third-order valence-electron chi connectivity index (χ3n) is 4.95. The molecule has 5 nitrogen and oxygen atoms in total. The van der Waals surface area contributed by atoms with Crippen LogP contribution in [0.3, 0.4) is 0 Å². The lowest BCUT2D eigenvalue weighted by Gasteiger charge is -2.45. The van der Waals surface area contributed by atoms with E-state index in [2.05, 4.69) is 0 Å². The maximum Gasteiger partial charge on any atom is 0.243 e. The van der Waals surface area contributed by atoms with Crippen LogP contribution in [0.5, 0.6) is 0 Å². The number of piperidine rings is 1. The van der Waals surface area contributed by atoms with Crippen molar-refractivity contribution in [2.24, 2.45) is 0 Å². The van der Waals surface area contributed by atoms with E-state index in [0.717, 1.165) is 12.8 Å². The van der Waals surface area contributed by atoms with Crippen LogP contribution in [-0.4, -0.2) is 46.8 Å². The molecule has 0 bridgehead atoms. The monoisotopic (exact) mass is 343 g/mol. The number of nitrogens with zero attached hydrogens (tertiary/aromatic N) is 1. The van der Waals surface area contributed by atoms with E-state index < -0.39 is 11.6 Å². The fourth-order valence-electron chi connectivity index (χ4n) is 3.49. The quantitative estimate of drug-likeness (QED) is 0.676. The molecule has 4 rings (SSSR count). The van der Waals surface area contributed by atoms with Gasteiger partial charge in [-0.3, -0.25) is 14.4 Å². The van der Waals surface area contributed by atoms with Crippen LogP contribution in [0, 0.1) is 0 Å². The van der Waals surface area contributed by atoms with Crippen LogP contribution in [0.2, 0.25) is 0 Å². The number of hydrogen-bond acceptors (Lipinski definition) is 5. The minimum absolute atomic E-state index is 0.0806. The van der Waals surface area contributed by atoms with Gasteiger partial charge in [-0.1, -0.05) is 24.3 Å². The predicted molar refractivity (Wildman–Crippen MR) is 90.5 cm³/mol. The molecule has 1 amide bonds. The van der Waals surface area contributed by atoms with Crippen LogP contribution in [0.4, 0.5) is 0 Å². The SMILES string of the molecule is CC(=O)N1CCC2(CC1)CSC1=C(O2)c2ccccc2C(=O)C1=O. The van der Waals surface area contributed by atoms with Gasteiger partial charge in [0.15, 0.2) is 0 Å². The average molecular weight is 343 g/mol. The Balaban J connectivity index is 1.68. The molecule has 1 aromatic carbocycles. The van der Waals surface area contributed by atoms with E-state index in [0.29, 0.717) is 40.6 Å². The smallest absolute Gasteiger partial charge is 0.243 e. The first kappa shape index (κ1) is 15.4. The number of carbonyl (C=O) groups is 3. The Labute approximate surface area is 144 Å². The van der Waals surface area contributed by atoms with Crippen molar-refractivity contribution in [2.75, 3.05) is 18.8 Å². The topological polar surface area (TPSA) is 63.7 Å². The normalized spacial score (nSPS) is 22.1. The number of thioether (sulfide) groups is 1. The second-order valence-electron chi connectivity index (χ2n) is 6.44. The molecule has 0 N–H and O–H groups in total. The minimum Gasteiger partial charge on any atom is -0.484 e. The summed E-state index contributed by atoms with van der Waals surface area (Å²) in [6, 6.07) is 7.11. The highest BCUT2D eigenvalue weighted by Gasteiger charge is 2.46. The standard InChI is InChI=1S/C18H17NO4S/c1-11(20)19-8-6-18(7-9-19)10-24-17-15(22)14(21)12-4-2-3-5-13(12)16(17)23-18/h2-5H,6-10H2,1H3. The van der Waals surface area contributed by atoms with E-state index in [1.807, 2.05) is 17.0 Å². The van der Waals surface area contributed by atoms with Crippen molar-refractivity contribution in [1.82, 2.24) is 4.90 Å². The molecule has 0 unspecified atom stereocenters. The fraction of sp³-hybridized carbons (Fsp3) is 0.389. The number of carbonyl (C=O) groups excluding carboxylic acids is 3. The third-order valence-corrected chi connectivity index (χ3v) is 6.28. The number of amides is 1. The Kier molecular flexibility index (Phi) is 3.53. The largest absolute Gasteiger partial charge is 0.484 e. The maximum absolute atomic E-state index is 12.4. The molecule has 1 aliphatic carbocycles. The van der Waals surface area contributed by atoms with Crippen LogP contribution in [-0.2, 0) is 14.3 Å². The zero-order valence-corrected chi connectivity index (χ0v) is 14.1. The molecule has 2 aliphatic heterocycles. The van der Waals surface area contributed by atoms with E-state index >= 15 is 0 Å². The molecule has 124 valence electrons. The van der Waals surface area contributed by atoms with Crippen molar-refractivity contribution in [3.63, 3.8) is 0 Å². The van der Waals surface area contributed by atoms with Crippen LogP contribution < -0.4 is 0 Å². The number of ether oxygens (including phenoxy) is 1. The van der Waals surface area contributed by atoms with E-state index in [1.54, 1.807) is 19.1 Å². The molecule has 0 radical (unpaired) electrons. The number of hydrogen-bond donors (Lipinski definition) is 0. The molecule has 3 aliphatic rings. The summed E-state index contributed by atoms with van der Waals surface area (Å²) in [7, 11) is 0. The second kappa shape index (κ2) is 5.48. The Bertz CT molecular complexity index is 790. The van der Waals surface area contributed by atoms with Gasteiger partial charge in [-0.25, -0.2) is 0 Å². The van der Waals surface area contributed by atoms with E-state index in [-0.39, 0.29) is 11.5 Å². The van der Waals surface area contributed by atoms with Gasteiger partial charge in [-0.15, -0.1) is 11.8 Å². The number of likely N-dealkylation sites (tertiary alicyclic amines) is 1. The molecule has 2 heterocycles. The van der Waals surface area contributed by atoms with Crippen molar-refractivity contribution in [1.29, 1.82) is 0 Å². The summed E-state index contributed by atoms with van der Waals surface area (Å²) in [6.07, 6.45) is 1.47. The number of allylic oxidation sites excluding steroid dienone is 1. The zero-order chi connectivity index (χ0) is 16.9. The lowest BCUT2D eigenvalue weighted by Crippen LogP contribution is -2.50. The first-order valence-corrected chi connectivity index (χ1v) is 8.99. The molecule has 0 atom stereocenters. The Hall–Kier alpha value is -2.08. The molecular weight excluding hydrogens is 326 g/mol. The van der Waals surface area contributed by atoms with Gasteiger partial charge in [-0.05, 0) is 0 Å². The summed E-state index contributed by atoms with van der Waals surface area (Å²) < 4.78 is 6.34. The lowest BCUT2D eigenvalue weighted by atomic mass is 9.90. The summed E-state index contributed by atoms with van der Waals surface area (Å²) >= 11 is 1.42. The Morgan fingerprint density at radius 1 is 1.12 bits per heavy atom. The van der Waals surface area contributed by atoms with Crippen LogP contribution >= 0.6 is 11.8 Å². The zero-order valence-electron chi connectivity index (χ0n) is 13.3. The molecule has 0 aromatic heterocycles. The van der Waals surface area contributed by atoms with Crippen molar-refractivity contribution >= 4 is 35.0 Å². The average Bonchev–Trinajstić information content (AvgIpc) is 2.60.